The number of hydrogen-bond acceptors (Lipinski definition) is 2. The predicted octanol–water partition coefficient (Wildman–Crippen LogP) is 4.20. The molecule has 1 unspecified atom stereocenters. The summed E-state index contributed by atoms with van der Waals surface area (Å²) in [7, 11) is 0. The highest BCUT2D eigenvalue weighted by Crippen LogP contribution is 2.30. The zero-order valence-electron chi connectivity index (χ0n) is 10.9. The number of halogens is 1. The maximum Gasteiger partial charge on any atom is 0.303 e. The van der Waals surface area contributed by atoms with Crippen molar-refractivity contribution in [1.29, 1.82) is 0 Å². The van der Waals surface area contributed by atoms with Crippen molar-refractivity contribution in [3.63, 3.8) is 0 Å². The standard InChI is InChI=1S/C14H19BrO3/c1-9(2)12-8-11(15)5-6-13(12)18-10(3)4-7-14(16)17/h5-6,8-10H,4,7H2,1-3H3,(H,16,17). The van der Waals surface area contributed by atoms with Crippen LogP contribution in [0.1, 0.15) is 45.1 Å². The Bertz CT molecular complexity index is 416. The van der Waals surface area contributed by atoms with E-state index in [9.17, 15) is 4.79 Å². The molecule has 0 amide bonds. The zero-order valence-corrected chi connectivity index (χ0v) is 12.5. The minimum atomic E-state index is -0.787. The third kappa shape index (κ3) is 4.69. The lowest BCUT2D eigenvalue weighted by Gasteiger charge is -2.19. The van der Waals surface area contributed by atoms with Crippen LogP contribution in [0.4, 0.5) is 0 Å². The Kier molecular flexibility index (Phi) is 5.66. The van der Waals surface area contributed by atoms with E-state index in [0.717, 1.165) is 15.8 Å². The van der Waals surface area contributed by atoms with Crippen LogP contribution in [-0.4, -0.2) is 17.2 Å². The third-order valence-corrected chi connectivity index (χ3v) is 3.18. The number of carboxylic acids is 1. The molecule has 1 atom stereocenters. The molecule has 0 radical (unpaired) electrons. The molecule has 3 nitrogen and oxygen atoms in total. The van der Waals surface area contributed by atoms with Crippen LogP contribution >= 0.6 is 15.9 Å². The smallest absolute Gasteiger partial charge is 0.303 e. The second kappa shape index (κ2) is 6.78. The highest BCUT2D eigenvalue weighted by Gasteiger charge is 2.12. The average Bonchev–Trinajstić information content (AvgIpc) is 2.28. The largest absolute Gasteiger partial charge is 0.490 e. The van der Waals surface area contributed by atoms with Crippen LogP contribution in [0.5, 0.6) is 5.75 Å². The van der Waals surface area contributed by atoms with E-state index in [1.165, 1.54) is 0 Å². The predicted molar refractivity (Wildman–Crippen MR) is 75.2 cm³/mol. The van der Waals surface area contributed by atoms with Crippen molar-refractivity contribution in [3.05, 3.63) is 28.2 Å². The van der Waals surface area contributed by atoms with Crippen LogP contribution < -0.4 is 4.74 Å². The van der Waals surface area contributed by atoms with Crippen molar-refractivity contribution in [2.75, 3.05) is 0 Å². The van der Waals surface area contributed by atoms with Crippen molar-refractivity contribution in [2.24, 2.45) is 0 Å². The number of benzene rings is 1. The summed E-state index contributed by atoms with van der Waals surface area (Å²) >= 11 is 3.45. The average molecular weight is 315 g/mol. The second-order valence-corrected chi connectivity index (χ2v) is 5.61. The molecule has 0 heterocycles. The molecule has 0 aliphatic carbocycles. The normalized spacial score (nSPS) is 12.5. The van der Waals surface area contributed by atoms with Gasteiger partial charge in [-0.15, -0.1) is 0 Å². The van der Waals surface area contributed by atoms with Crippen molar-refractivity contribution in [1.82, 2.24) is 0 Å². The van der Waals surface area contributed by atoms with Crippen molar-refractivity contribution in [3.8, 4) is 5.75 Å². The maximum atomic E-state index is 10.5. The van der Waals surface area contributed by atoms with Gasteiger partial charge in [-0.25, -0.2) is 0 Å². The van der Waals surface area contributed by atoms with E-state index in [1.807, 2.05) is 25.1 Å². The molecule has 0 fully saturated rings. The molecule has 18 heavy (non-hydrogen) atoms. The Labute approximate surface area is 116 Å². The Morgan fingerprint density at radius 1 is 1.39 bits per heavy atom. The lowest BCUT2D eigenvalue weighted by atomic mass is 10.0. The molecule has 0 aliphatic heterocycles. The maximum absolute atomic E-state index is 10.5. The summed E-state index contributed by atoms with van der Waals surface area (Å²) < 4.78 is 6.85. The van der Waals surface area contributed by atoms with Gasteiger partial charge in [0.05, 0.1) is 6.10 Å². The molecular weight excluding hydrogens is 296 g/mol. The molecule has 0 spiro atoms. The molecular formula is C14H19BrO3. The molecule has 0 bridgehead atoms. The first-order valence-electron chi connectivity index (χ1n) is 6.08. The summed E-state index contributed by atoms with van der Waals surface area (Å²) in [5, 5.41) is 8.65. The van der Waals surface area contributed by atoms with Gasteiger partial charge in [-0.1, -0.05) is 29.8 Å². The van der Waals surface area contributed by atoms with Gasteiger partial charge in [0.25, 0.3) is 0 Å². The quantitative estimate of drug-likeness (QED) is 0.855. The first-order valence-corrected chi connectivity index (χ1v) is 6.87. The minimum absolute atomic E-state index is 0.0974. The molecule has 0 saturated heterocycles. The lowest BCUT2D eigenvalue weighted by molar-refractivity contribution is -0.137. The van der Waals surface area contributed by atoms with E-state index in [0.29, 0.717) is 12.3 Å². The van der Waals surface area contributed by atoms with Gasteiger partial charge in [-0.2, -0.15) is 0 Å². The number of rotatable bonds is 6. The highest BCUT2D eigenvalue weighted by molar-refractivity contribution is 9.10. The Balaban J connectivity index is 2.74. The number of ether oxygens (including phenoxy) is 1. The molecule has 0 aromatic heterocycles. The van der Waals surface area contributed by atoms with Crippen LogP contribution in [-0.2, 0) is 4.79 Å². The topological polar surface area (TPSA) is 46.5 Å². The Hall–Kier alpha value is -1.03. The van der Waals surface area contributed by atoms with Gasteiger partial charge in [0.2, 0.25) is 0 Å². The molecule has 1 N–H and O–H groups in total. The first kappa shape index (κ1) is 15.0. The SMILES string of the molecule is CC(CCC(=O)O)Oc1ccc(Br)cc1C(C)C. The summed E-state index contributed by atoms with van der Waals surface area (Å²) in [6.45, 7) is 6.11. The van der Waals surface area contributed by atoms with Crippen LogP contribution in [0.2, 0.25) is 0 Å². The van der Waals surface area contributed by atoms with Gasteiger partial charge in [-0.3, -0.25) is 4.79 Å². The van der Waals surface area contributed by atoms with Gasteiger partial charge in [0, 0.05) is 10.9 Å². The Morgan fingerprint density at radius 2 is 2.06 bits per heavy atom. The fraction of sp³-hybridized carbons (Fsp3) is 0.500. The first-order chi connectivity index (χ1) is 8.40. The summed E-state index contributed by atoms with van der Waals surface area (Å²) in [5.74, 6) is 0.417. The van der Waals surface area contributed by atoms with E-state index in [1.54, 1.807) is 0 Å². The lowest BCUT2D eigenvalue weighted by Crippen LogP contribution is -2.14. The summed E-state index contributed by atoms with van der Waals surface area (Å²) in [6.07, 6.45) is 0.553. The molecule has 1 aromatic rings. The summed E-state index contributed by atoms with van der Waals surface area (Å²) in [4.78, 5) is 10.5. The molecule has 1 aromatic carbocycles. The third-order valence-electron chi connectivity index (χ3n) is 2.69. The Morgan fingerprint density at radius 3 is 2.61 bits per heavy atom. The molecule has 100 valence electrons. The van der Waals surface area contributed by atoms with Crippen LogP contribution in [0.15, 0.2) is 22.7 Å². The number of carboxylic acid groups (broad SMARTS) is 1. The van der Waals surface area contributed by atoms with E-state index in [2.05, 4.69) is 29.8 Å². The minimum Gasteiger partial charge on any atom is -0.490 e. The fourth-order valence-electron chi connectivity index (χ4n) is 1.68. The number of hydrogen-bond donors (Lipinski definition) is 1. The van der Waals surface area contributed by atoms with Crippen molar-refractivity contribution >= 4 is 21.9 Å². The van der Waals surface area contributed by atoms with E-state index >= 15 is 0 Å². The van der Waals surface area contributed by atoms with Gasteiger partial charge in [0.1, 0.15) is 5.75 Å². The van der Waals surface area contributed by atoms with Crippen LogP contribution in [0.25, 0.3) is 0 Å². The van der Waals surface area contributed by atoms with Gasteiger partial charge in [0.15, 0.2) is 0 Å². The summed E-state index contributed by atoms with van der Waals surface area (Å²) in [6, 6.07) is 5.91. The second-order valence-electron chi connectivity index (χ2n) is 4.70. The number of carbonyl (C=O) groups is 1. The van der Waals surface area contributed by atoms with Gasteiger partial charge < -0.3 is 9.84 Å². The monoisotopic (exact) mass is 314 g/mol. The van der Waals surface area contributed by atoms with Crippen LogP contribution in [0.3, 0.4) is 0 Å². The van der Waals surface area contributed by atoms with Crippen molar-refractivity contribution < 1.29 is 14.6 Å². The molecule has 0 aliphatic rings. The number of aliphatic carboxylic acids is 1. The van der Waals surface area contributed by atoms with E-state index < -0.39 is 5.97 Å². The van der Waals surface area contributed by atoms with Crippen molar-refractivity contribution in [2.45, 2.75) is 45.6 Å². The summed E-state index contributed by atoms with van der Waals surface area (Å²) in [5.41, 5.74) is 1.13. The van der Waals surface area contributed by atoms with Crippen LogP contribution in [0, 0.1) is 0 Å². The fourth-order valence-corrected chi connectivity index (χ4v) is 2.06. The zero-order chi connectivity index (χ0) is 13.7. The molecule has 1 rings (SSSR count). The molecule has 4 heteroatoms. The molecule has 0 saturated carbocycles. The highest BCUT2D eigenvalue weighted by atomic mass is 79.9. The van der Waals surface area contributed by atoms with E-state index in [-0.39, 0.29) is 12.5 Å². The van der Waals surface area contributed by atoms with Gasteiger partial charge in [-0.05, 0) is 43.0 Å². The van der Waals surface area contributed by atoms with E-state index in [4.69, 9.17) is 9.84 Å². The van der Waals surface area contributed by atoms with Gasteiger partial charge >= 0.3 is 5.97 Å².